The molecular formula is C15H18O3S. The van der Waals surface area contributed by atoms with Crippen molar-refractivity contribution < 1.29 is 14.6 Å². The number of rotatable bonds is 5. The van der Waals surface area contributed by atoms with Crippen molar-refractivity contribution in [3.05, 3.63) is 45.7 Å². The van der Waals surface area contributed by atoms with E-state index >= 15 is 0 Å². The van der Waals surface area contributed by atoms with Gasteiger partial charge in [-0.15, -0.1) is 0 Å². The van der Waals surface area contributed by atoms with Crippen LogP contribution in [-0.2, 0) is 4.79 Å². The van der Waals surface area contributed by atoms with E-state index in [4.69, 9.17) is 4.74 Å². The van der Waals surface area contributed by atoms with Crippen molar-refractivity contribution >= 4 is 23.3 Å². The highest BCUT2D eigenvalue weighted by Crippen LogP contribution is 2.32. The topological polar surface area (TPSA) is 46.5 Å². The Balaban J connectivity index is 3.28. The zero-order chi connectivity index (χ0) is 14.6. The molecule has 0 bridgehead atoms. The van der Waals surface area contributed by atoms with Crippen molar-refractivity contribution in [2.24, 2.45) is 0 Å². The van der Waals surface area contributed by atoms with Gasteiger partial charge in [-0.3, -0.25) is 0 Å². The van der Waals surface area contributed by atoms with Gasteiger partial charge in [-0.1, -0.05) is 24.4 Å². The number of carboxylic acid groups (broad SMARTS) is 1. The number of allylic oxidation sites excluding steroid dienone is 2. The first-order chi connectivity index (χ1) is 8.86. The van der Waals surface area contributed by atoms with Gasteiger partial charge in [0, 0.05) is 0 Å². The fourth-order valence-corrected chi connectivity index (χ4v) is 2.40. The minimum Gasteiger partial charge on any atom is -0.496 e. The van der Waals surface area contributed by atoms with Gasteiger partial charge >= 0.3 is 5.97 Å². The summed E-state index contributed by atoms with van der Waals surface area (Å²) >= 11 is 1.18. The molecule has 0 heterocycles. The lowest BCUT2D eigenvalue weighted by atomic mass is 10.0. The van der Waals surface area contributed by atoms with Gasteiger partial charge in [0.15, 0.2) is 0 Å². The minimum atomic E-state index is -0.932. The van der Waals surface area contributed by atoms with Crippen LogP contribution in [0.3, 0.4) is 0 Å². The summed E-state index contributed by atoms with van der Waals surface area (Å²) in [6.07, 6.45) is 0. The average molecular weight is 278 g/mol. The highest BCUT2D eigenvalue weighted by Gasteiger charge is 2.14. The quantitative estimate of drug-likeness (QED) is 0.824. The van der Waals surface area contributed by atoms with Crippen molar-refractivity contribution in [2.45, 2.75) is 20.8 Å². The van der Waals surface area contributed by atoms with E-state index in [-0.39, 0.29) is 0 Å². The smallest absolute Gasteiger partial charge is 0.342 e. The Hall–Kier alpha value is -1.68. The van der Waals surface area contributed by atoms with E-state index in [1.807, 2.05) is 25.1 Å². The second-order valence-corrected chi connectivity index (χ2v) is 5.56. The van der Waals surface area contributed by atoms with Crippen molar-refractivity contribution in [1.29, 1.82) is 0 Å². The predicted octanol–water partition coefficient (Wildman–Crippen LogP) is 4.09. The zero-order valence-electron chi connectivity index (χ0n) is 11.6. The third-order valence-electron chi connectivity index (χ3n) is 2.64. The largest absolute Gasteiger partial charge is 0.496 e. The molecule has 0 aliphatic heterocycles. The molecule has 0 atom stereocenters. The van der Waals surface area contributed by atoms with Crippen LogP contribution in [0.15, 0.2) is 34.6 Å². The van der Waals surface area contributed by atoms with Gasteiger partial charge in [0.05, 0.1) is 7.11 Å². The van der Waals surface area contributed by atoms with E-state index in [0.717, 1.165) is 27.4 Å². The molecule has 1 aromatic carbocycles. The first-order valence-electron chi connectivity index (χ1n) is 5.79. The zero-order valence-corrected chi connectivity index (χ0v) is 12.4. The Morgan fingerprint density at radius 1 is 1.37 bits per heavy atom. The summed E-state index contributed by atoms with van der Waals surface area (Å²) < 4.78 is 5.20. The number of hydrogen-bond acceptors (Lipinski definition) is 3. The monoisotopic (exact) mass is 278 g/mol. The second-order valence-electron chi connectivity index (χ2n) is 4.25. The Labute approximate surface area is 118 Å². The van der Waals surface area contributed by atoms with Crippen LogP contribution in [-0.4, -0.2) is 18.2 Å². The van der Waals surface area contributed by atoms with Crippen molar-refractivity contribution in [1.82, 2.24) is 0 Å². The Kier molecular flexibility index (Phi) is 5.24. The molecule has 0 unspecified atom stereocenters. The molecule has 0 fully saturated rings. The van der Waals surface area contributed by atoms with Gasteiger partial charge < -0.3 is 9.84 Å². The molecular weight excluding hydrogens is 260 g/mol. The Morgan fingerprint density at radius 3 is 2.42 bits per heavy atom. The first kappa shape index (κ1) is 15.4. The average Bonchev–Trinajstić information content (AvgIpc) is 2.34. The summed E-state index contributed by atoms with van der Waals surface area (Å²) in [5, 5.41) is 9.28. The third kappa shape index (κ3) is 3.89. The van der Waals surface area contributed by atoms with Gasteiger partial charge in [0.2, 0.25) is 0 Å². The van der Waals surface area contributed by atoms with Gasteiger partial charge in [-0.2, -0.15) is 0 Å². The third-order valence-corrected chi connectivity index (χ3v) is 3.67. The SMILES string of the molecule is C=C(C)S/C(C(=O)O)=C(\C)c1ccc(OC)c(C)c1. The van der Waals surface area contributed by atoms with Crippen molar-refractivity contribution in [3.8, 4) is 5.75 Å². The molecule has 102 valence electrons. The van der Waals surface area contributed by atoms with Gasteiger partial charge in [0.25, 0.3) is 0 Å². The lowest BCUT2D eigenvalue weighted by molar-refractivity contribution is -0.131. The highest BCUT2D eigenvalue weighted by atomic mass is 32.2. The summed E-state index contributed by atoms with van der Waals surface area (Å²) in [5.41, 5.74) is 2.58. The second kappa shape index (κ2) is 6.48. The summed E-state index contributed by atoms with van der Waals surface area (Å²) in [6.45, 7) is 9.27. The molecule has 0 aliphatic rings. The number of carbonyl (C=O) groups is 1. The lowest BCUT2D eigenvalue weighted by Crippen LogP contribution is -2.00. The van der Waals surface area contributed by atoms with E-state index < -0.39 is 5.97 Å². The first-order valence-corrected chi connectivity index (χ1v) is 6.61. The number of thioether (sulfide) groups is 1. The maximum atomic E-state index is 11.3. The molecule has 1 N–H and O–H groups in total. The molecule has 4 heteroatoms. The fraction of sp³-hybridized carbons (Fsp3) is 0.267. The molecule has 0 amide bonds. The molecule has 0 spiro atoms. The van der Waals surface area contributed by atoms with Crippen LogP contribution in [0.1, 0.15) is 25.0 Å². The summed E-state index contributed by atoms with van der Waals surface area (Å²) in [7, 11) is 1.62. The maximum Gasteiger partial charge on any atom is 0.342 e. The number of aryl methyl sites for hydroxylation is 1. The highest BCUT2D eigenvalue weighted by molar-refractivity contribution is 8.07. The van der Waals surface area contributed by atoms with E-state index in [1.165, 1.54) is 11.8 Å². The van der Waals surface area contributed by atoms with Crippen LogP contribution in [0.5, 0.6) is 5.75 Å². The normalized spacial score (nSPS) is 11.8. The fourth-order valence-electron chi connectivity index (χ4n) is 1.70. The summed E-state index contributed by atoms with van der Waals surface area (Å²) in [4.78, 5) is 12.4. The number of benzene rings is 1. The summed E-state index contributed by atoms with van der Waals surface area (Å²) in [5.74, 6) is -0.139. The van der Waals surface area contributed by atoms with Crippen LogP contribution >= 0.6 is 11.8 Å². The molecule has 1 rings (SSSR count). The molecule has 0 saturated heterocycles. The molecule has 19 heavy (non-hydrogen) atoms. The van der Waals surface area contributed by atoms with Gasteiger partial charge in [0.1, 0.15) is 10.7 Å². The maximum absolute atomic E-state index is 11.3. The summed E-state index contributed by atoms with van der Waals surface area (Å²) in [6, 6.07) is 5.64. The van der Waals surface area contributed by atoms with Crippen LogP contribution in [0.2, 0.25) is 0 Å². The Morgan fingerprint density at radius 2 is 2.00 bits per heavy atom. The van der Waals surface area contributed by atoms with Crippen LogP contribution in [0, 0.1) is 6.92 Å². The van der Waals surface area contributed by atoms with Crippen molar-refractivity contribution in [3.63, 3.8) is 0 Å². The van der Waals surface area contributed by atoms with E-state index in [0.29, 0.717) is 4.91 Å². The molecule has 0 aliphatic carbocycles. The number of methoxy groups -OCH3 is 1. The predicted molar refractivity (Wildman–Crippen MR) is 80.4 cm³/mol. The number of ether oxygens (including phenoxy) is 1. The molecule has 1 aromatic rings. The number of aliphatic carboxylic acids is 1. The number of carboxylic acids is 1. The van der Waals surface area contributed by atoms with E-state index in [9.17, 15) is 9.90 Å². The van der Waals surface area contributed by atoms with Crippen LogP contribution in [0.25, 0.3) is 5.57 Å². The van der Waals surface area contributed by atoms with Crippen LogP contribution in [0.4, 0.5) is 0 Å². The van der Waals surface area contributed by atoms with Gasteiger partial charge in [-0.25, -0.2) is 4.79 Å². The van der Waals surface area contributed by atoms with Crippen molar-refractivity contribution in [2.75, 3.05) is 7.11 Å². The van der Waals surface area contributed by atoms with E-state index in [1.54, 1.807) is 21.0 Å². The molecule has 0 aromatic heterocycles. The van der Waals surface area contributed by atoms with Crippen LogP contribution < -0.4 is 4.74 Å². The molecule has 3 nitrogen and oxygen atoms in total. The number of hydrogen-bond donors (Lipinski definition) is 1. The standard InChI is InChI=1S/C15H18O3S/c1-9(2)19-14(15(16)17)11(4)12-6-7-13(18-5)10(3)8-12/h6-8H,1H2,2-5H3,(H,16,17)/b14-11+. The minimum absolute atomic E-state index is 0.303. The Bertz CT molecular complexity index is 544. The van der Waals surface area contributed by atoms with E-state index in [2.05, 4.69) is 6.58 Å². The molecule has 0 radical (unpaired) electrons. The molecule has 0 saturated carbocycles. The lowest BCUT2D eigenvalue weighted by Gasteiger charge is -2.11. The van der Waals surface area contributed by atoms with Gasteiger partial charge in [-0.05, 0) is 54.5 Å².